The Hall–Kier alpha value is -3.80. The second-order valence-electron chi connectivity index (χ2n) is 8.00. The average Bonchev–Trinajstić information content (AvgIpc) is 2.85. The maximum atomic E-state index is 9.12. The van der Waals surface area contributed by atoms with E-state index in [-0.39, 0.29) is 0 Å². The lowest BCUT2D eigenvalue weighted by atomic mass is 10.00. The third-order valence-electron chi connectivity index (χ3n) is 5.94. The van der Waals surface area contributed by atoms with Gasteiger partial charge >= 0.3 is 0 Å². The van der Waals surface area contributed by atoms with Crippen molar-refractivity contribution in [3.05, 3.63) is 83.4 Å². The number of piperazine rings is 1. The highest BCUT2D eigenvalue weighted by Gasteiger charge is 2.17. The fourth-order valence-corrected chi connectivity index (χ4v) is 3.98. The van der Waals surface area contributed by atoms with Crippen molar-refractivity contribution in [3.63, 3.8) is 0 Å². The highest BCUT2D eigenvalue weighted by atomic mass is 16.5. The zero-order chi connectivity index (χ0) is 22.3. The summed E-state index contributed by atoms with van der Waals surface area (Å²) >= 11 is 0. The number of rotatable bonds is 6. The molecule has 3 aromatic carbocycles. The van der Waals surface area contributed by atoms with E-state index in [4.69, 9.17) is 15.3 Å². The van der Waals surface area contributed by atoms with Gasteiger partial charge in [0.1, 0.15) is 12.4 Å². The predicted molar refractivity (Wildman–Crippen MR) is 127 cm³/mol. The van der Waals surface area contributed by atoms with Crippen LogP contribution in [0.4, 0.5) is 5.69 Å². The minimum absolute atomic E-state index is 0.643. The van der Waals surface area contributed by atoms with Gasteiger partial charge in [-0.3, -0.25) is 4.90 Å². The number of benzene rings is 3. The third-order valence-corrected chi connectivity index (χ3v) is 5.94. The molecule has 3 aromatic rings. The lowest BCUT2D eigenvalue weighted by Gasteiger charge is -2.36. The van der Waals surface area contributed by atoms with Crippen molar-refractivity contribution in [2.75, 3.05) is 44.2 Å². The lowest BCUT2D eigenvalue weighted by molar-refractivity contribution is 0.200. The van der Waals surface area contributed by atoms with Gasteiger partial charge in [0.05, 0.1) is 23.3 Å². The summed E-state index contributed by atoms with van der Waals surface area (Å²) in [6.07, 6.45) is 0. The van der Waals surface area contributed by atoms with Crippen LogP contribution in [-0.4, -0.2) is 44.2 Å². The lowest BCUT2D eigenvalue weighted by Crippen LogP contribution is -2.47. The number of nitrogens with zero attached hydrogens (tertiary/aromatic N) is 4. The Bertz CT molecular complexity index is 1130. The van der Waals surface area contributed by atoms with Crippen LogP contribution in [0.3, 0.4) is 0 Å². The summed E-state index contributed by atoms with van der Waals surface area (Å²) in [6.45, 7) is 7.51. The van der Waals surface area contributed by atoms with E-state index in [1.165, 1.54) is 11.3 Å². The molecule has 1 aliphatic rings. The van der Waals surface area contributed by atoms with Gasteiger partial charge in [-0.1, -0.05) is 24.3 Å². The predicted octanol–water partition coefficient (Wildman–Crippen LogP) is 4.61. The summed E-state index contributed by atoms with van der Waals surface area (Å²) in [4.78, 5) is 4.85. The zero-order valence-electron chi connectivity index (χ0n) is 18.3. The molecule has 160 valence electrons. The molecule has 32 heavy (non-hydrogen) atoms. The second kappa shape index (κ2) is 10.0. The van der Waals surface area contributed by atoms with E-state index >= 15 is 0 Å². The molecule has 1 aliphatic heterocycles. The van der Waals surface area contributed by atoms with E-state index in [1.807, 2.05) is 31.2 Å². The van der Waals surface area contributed by atoms with E-state index in [0.717, 1.165) is 55.2 Å². The molecule has 5 heteroatoms. The van der Waals surface area contributed by atoms with Gasteiger partial charge in [-0.05, 0) is 66.1 Å². The van der Waals surface area contributed by atoms with Gasteiger partial charge in [0, 0.05) is 38.4 Å². The topological polar surface area (TPSA) is 63.3 Å². The number of nitriles is 2. The summed E-state index contributed by atoms with van der Waals surface area (Å²) in [5.74, 6) is 0.806. The van der Waals surface area contributed by atoms with Crippen LogP contribution in [0.1, 0.15) is 16.7 Å². The molecule has 0 aromatic heterocycles. The second-order valence-corrected chi connectivity index (χ2v) is 8.00. The Morgan fingerprint density at radius 2 is 1.50 bits per heavy atom. The molecule has 1 heterocycles. The van der Waals surface area contributed by atoms with Crippen LogP contribution < -0.4 is 9.64 Å². The minimum Gasteiger partial charge on any atom is -0.492 e. The van der Waals surface area contributed by atoms with E-state index in [1.54, 1.807) is 12.1 Å². The SMILES string of the molecule is Cc1cc(-c2ccc(N3CCN(CCOc4ccc(C#N)cc4)CC3)cc2)ccc1C#N. The van der Waals surface area contributed by atoms with Crippen molar-refractivity contribution in [3.8, 4) is 29.0 Å². The van der Waals surface area contributed by atoms with Gasteiger partial charge < -0.3 is 9.64 Å². The summed E-state index contributed by atoms with van der Waals surface area (Å²) in [7, 11) is 0. The number of ether oxygens (including phenoxy) is 1. The van der Waals surface area contributed by atoms with Crippen molar-refractivity contribution in [2.24, 2.45) is 0 Å². The molecule has 5 nitrogen and oxygen atoms in total. The molecule has 1 saturated heterocycles. The van der Waals surface area contributed by atoms with Gasteiger partial charge in [-0.2, -0.15) is 10.5 Å². The first-order valence-corrected chi connectivity index (χ1v) is 10.9. The van der Waals surface area contributed by atoms with Gasteiger partial charge in [0.2, 0.25) is 0 Å². The van der Waals surface area contributed by atoms with E-state index < -0.39 is 0 Å². The molecule has 0 N–H and O–H groups in total. The molecule has 0 bridgehead atoms. The van der Waals surface area contributed by atoms with Gasteiger partial charge in [-0.25, -0.2) is 0 Å². The summed E-state index contributed by atoms with van der Waals surface area (Å²) in [5, 5.41) is 18.0. The Morgan fingerprint density at radius 3 is 2.12 bits per heavy atom. The normalized spacial score (nSPS) is 13.9. The summed E-state index contributed by atoms with van der Waals surface area (Å²) in [6, 6.07) is 26.3. The van der Waals surface area contributed by atoms with Gasteiger partial charge in [-0.15, -0.1) is 0 Å². The quantitative estimate of drug-likeness (QED) is 0.581. The maximum absolute atomic E-state index is 9.12. The number of aryl methyl sites for hydroxylation is 1. The molecule has 0 atom stereocenters. The third kappa shape index (κ3) is 5.09. The first-order chi connectivity index (χ1) is 15.7. The fourth-order valence-electron chi connectivity index (χ4n) is 3.98. The summed E-state index contributed by atoms with van der Waals surface area (Å²) in [5.41, 5.74) is 5.93. The van der Waals surface area contributed by atoms with Crippen LogP contribution in [0.2, 0.25) is 0 Å². The Labute approximate surface area is 189 Å². The van der Waals surface area contributed by atoms with Crippen molar-refractivity contribution >= 4 is 5.69 Å². The van der Waals surface area contributed by atoms with Gasteiger partial charge in [0.25, 0.3) is 0 Å². The number of anilines is 1. The molecule has 0 unspecified atom stereocenters. The largest absolute Gasteiger partial charge is 0.492 e. The highest BCUT2D eigenvalue weighted by molar-refractivity contribution is 5.68. The van der Waals surface area contributed by atoms with Crippen LogP contribution in [0.15, 0.2) is 66.7 Å². The van der Waals surface area contributed by atoms with Crippen molar-refractivity contribution in [2.45, 2.75) is 6.92 Å². The number of hydrogen-bond acceptors (Lipinski definition) is 5. The van der Waals surface area contributed by atoms with E-state index in [2.05, 4.69) is 52.3 Å². The monoisotopic (exact) mass is 422 g/mol. The van der Waals surface area contributed by atoms with Crippen molar-refractivity contribution in [1.82, 2.24) is 4.90 Å². The molecular weight excluding hydrogens is 396 g/mol. The van der Waals surface area contributed by atoms with Crippen LogP contribution in [0.25, 0.3) is 11.1 Å². The molecule has 0 radical (unpaired) electrons. The van der Waals surface area contributed by atoms with E-state index in [9.17, 15) is 0 Å². The molecule has 0 amide bonds. The Kier molecular flexibility index (Phi) is 6.70. The number of hydrogen-bond donors (Lipinski definition) is 0. The zero-order valence-corrected chi connectivity index (χ0v) is 18.3. The standard InChI is InChI=1S/C27H26N4O/c1-21-18-24(4-5-25(21)20-29)23-6-8-26(9-7-23)31-14-12-30(13-15-31)16-17-32-27-10-2-22(19-28)3-11-27/h2-11,18H,12-17H2,1H3. The molecule has 1 fully saturated rings. The first-order valence-electron chi connectivity index (χ1n) is 10.9. The van der Waals surface area contributed by atoms with Crippen LogP contribution in [0, 0.1) is 29.6 Å². The maximum Gasteiger partial charge on any atom is 0.119 e. The average molecular weight is 423 g/mol. The van der Waals surface area contributed by atoms with Crippen molar-refractivity contribution in [1.29, 1.82) is 10.5 Å². The Balaban J connectivity index is 1.26. The minimum atomic E-state index is 0.643. The molecule has 0 aliphatic carbocycles. The van der Waals surface area contributed by atoms with Crippen LogP contribution in [-0.2, 0) is 0 Å². The fraction of sp³-hybridized carbons (Fsp3) is 0.259. The molecular formula is C27H26N4O. The summed E-state index contributed by atoms with van der Waals surface area (Å²) < 4.78 is 5.82. The molecule has 0 saturated carbocycles. The van der Waals surface area contributed by atoms with Crippen LogP contribution >= 0.6 is 0 Å². The van der Waals surface area contributed by atoms with Gasteiger partial charge in [0.15, 0.2) is 0 Å². The van der Waals surface area contributed by atoms with Crippen LogP contribution in [0.5, 0.6) is 5.75 Å². The smallest absolute Gasteiger partial charge is 0.119 e. The van der Waals surface area contributed by atoms with E-state index in [0.29, 0.717) is 12.2 Å². The molecule has 0 spiro atoms. The highest BCUT2D eigenvalue weighted by Crippen LogP contribution is 2.25. The molecule has 4 rings (SSSR count). The Morgan fingerprint density at radius 1 is 0.812 bits per heavy atom. The first kappa shape index (κ1) is 21.4. The van der Waals surface area contributed by atoms with Crippen molar-refractivity contribution < 1.29 is 4.74 Å².